The zero-order valence-corrected chi connectivity index (χ0v) is 7.08. The van der Waals surface area contributed by atoms with E-state index in [1.165, 1.54) is 0 Å². The Bertz CT molecular complexity index is 165. The summed E-state index contributed by atoms with van der Waals surface area (Å²) < 4.78 is 18.7. The van der Waals surface area contributed by atoms with Crippen LogP contribution in [0.3, 0.4) is 0 Å². The molecule has 13 heavy (non-hydrogen) atoms. The van der Waals surface area contributed by atoms with Crippen LogP contribution in [-0.4, -0.2) is 19.5 Å². The van der Waals surface area contributed by atoms with Crippen LogP contribution in [0.2, 0.25) is 0 Å². The Balaban J connectivity index is -0.000000136. The number of hydrogen-bond donors (Lipinski definition) is 0. The molecule has 3 nitrogen and oxygen atoms in total. The molecular weight excluding hydrogens is 186 g/mol. The minimum atomic E-state index is -1.82. The zero-order chi connectivity index (χ0) is 8.53. The molecule has 0 N–H and O–H groups in total. The van der Waals surface area contributed by atoms with Gasteiger partial charge in [-0.15, -0.1) is 0 Å². The molecule has 1 heterocycles. The lowest BCUT2D eigenvalue weighted by atomic mass is 10.5. The van der Waals surface area contributed by atoms with Crippen molar-refractivity contribution < 1.29 is 8.76 Å². The van der Waals surface area contributed by atoms with Crippen molar-refractivity contribution in [3.63, 3.8) is 0 Å². The Morgan fingerprint density at radius 3 is 1.69 bits per heavy atom. The summed E-state index contributed by atoms with van der Waals surface area (Å²) in [7, 11) is 0. The third-order valence-electron chi connectivity index (χ3n) is 0.802. The molecule has 4 heteroatoms. The maximum atomic E-state index is 9.37. The molecule has 0 aliphatic heterocycles. The first-order valence-corrected chi connectivity index (χ1v) is 4.42. The lowest BCUT2D eigenvalue weighted by Crippen LogP contribution is -1.85. The van der Waals surface area contributed by atoms with E-state index in [0.717, 1.165) is 0 Å². The molecule has 0 aliphatic carbocycles. The minimum absolute atomic E-state index is 0. The fourth-order valence-corrected chi connectivity index (χ4v) is 0.313. The molecule has 1 atom stereocenters. The van der Waals surface area contributed by atoms with E-state index in [-0.39, 0.29) is 20.6 Å². The fraction of sp³-hybridized carbons (Fsp3) is 0.444. The van der Waals surface area contributed by atoms with Crippen molar-refractivity contribution in [3.05, 3.63) is 30.6 Å². The van der Waals surface area contributed by atoms with Crippen molar-refractivity contribution in [2.24, 2.45) is 0 Å². The number of rotatable bonds is 1. The van der Waals surface area contributed by atoms with Gasteiger partial charge in [0.1, 0.15) is 0 Å². The van der Waals surface area contributed by atoms with Gasteiger partial charge < -0.3 is 4.55 Å². The van der Waals surface area contributed by atoms with Crippen LogP contribution >= 0.6 is 0 Å². The molecule has 1 unspecified atom stereocenters. The summed E-state index contributed by atoms with van der Waals surface area (Å²) in [5.41, 5.74) is 0. The highest BCUT2D eigenvalue weighted by Gasteiger charge is 1.62. The van der Waals surface area contributed by atoms with Gasteiger partial charge in [0, 0.05) is 18.1 Å². The van der Waals surface area contributed by atoms with E-state index in [9.17, 15) is 8.76 Å². The molecule has 0 spiro atoms. The van der Waals surface area contributed by atoms with Gasteiger partial charge in [0.25, 0.3) is 0 Å². The Kier molecular flexibility index (Phi) is 19.3. The van der Waals surface area contributed by atoms with Gasteiger partial charge in [0.05, 0.1) is 0 Å². The van der Waals surface area contributed by atoms with E-state index in [4.69, 9.17) is 0 Å². The molecule has 0 aliphatic rings. The second kappa shape index (κ2) is 13.8. The second-order valence-corrected chi connectivity index (χ2v) is 2.80. The third-order valence-corrected chi connectivity index (χ3v) is 1.27. The van der Waals surface area contributed by atoms with Gasteiger partial charge in [-0.1, -0.05) is 38.9 Å². The maximum Gasteiger partial charge on any atom is 0.0267 e. The first-order valence-electron chi connectivity index (χ1n) is 3.18. The standard InChI is InChI=1S/C5H5N.C2H6O2S.2CH4/c1-2-4-6-5-3-1;1-2-5(3)4;;/h1-5H;2H2,1H3,(H,3,4);2*1H4/p-1. The minimum Gasteiger partial charge on any atom is -0.772 e. The van der Waals surface area contributed by atoms with Gasteiger partial charge in [-0.25, -0.2) is 0 Å². The lowest BCUT2D eigenvalue weighted by Gasteiger charge is -1.93. The van der Waals surface area contributed by atoms with Crippen molar-refractivity contribution >= 4 is 11.1 Å². The molecule has 0 amide bonds. The van der Waals surface area contributed by atoms with Crippen LogP contribution in [-0.2, 0) is 11.1 Å². The molecular formula is C9H18NO2S-. The monoisotopic (exact) mass is 204 g/mol. The summed E-state index contributed by atoms with van der Waals surface area (Å²) in [4.78, 5) is 3.78. The number of pyridine rings is 1. The van der Waals surface area contributed by atoms with E-state index in [0.29, 0.717) is 0 Å². The highest BCUT2D eigenvalue weighted by atomic mass is 32.2. The van der Waals surface area contributed by atoms with Crippen LogP contribution < -0.4 is 0 Å². The topological polar surface area (TPSA) is 53.0 Å². The molecule has 0 aromatic carbocycles. The van der Waals surface area contributed by atoms with Crippen molar-refractivity contribution in [1.29, 1.82) is 0 Å². The average molecular weight is 204 g/mol. The highest BCUT2D eigenvalue weighted by Crippen LogP contribution is 1.73. The van der Waals surface area contributed by atoms with Crippen molar-refractivity contribution in [3.8, 4) is 0 Å². The van der Waals surface area contributed by atoms with Crippen molar-refractivity contribution in [2.75, 3.05) is 5.75 Å². The van der Waals surface area contributed by atoms with Crippen LogP contribution in [0.1, 0.15) is 21.8 Å². The van der Waals surface area contributed by atoms with Crippen molar-refractivity contribution in [2.45, 2.75) is 21.8 Å². The molecule has 1 aromatic heterocycles. The molecule has 0 fully saturated rings. The third kappa shape index (κ3) is 18.3. The number of hydrogen-bond acceptors (Lipinski definition) is 3. The summed E-state index contributed by atoms with van der Waals surface area (Å²) in [6.45, 7) is 1.59. The molecule has 78 valence electrons. The van der Waals surface area contributed by atoms with Crippen LogP contribution in [0.4, 0.5) is 0 Å². The molecule has 0 radical (unpaired) electrons. The number of nitrogens with zero attached hydrogens (tertiary/aromatic N) is 1. The molecule has 0 bridgehead atoms. The predicted molar refractivity (Wildman–Crippen MR) is 57.2 cm³/mol. The smallest absolute Gasteiger partial charge is 0.0267 e. The molecule has 0 saturated heterocycles. The summed E-state index contributed by atoms with van der Waals surface area (Å²) in [6.07, 6.45) is 3.50. The Labute approximate surface area is 83.5 Å². The second-order valence-electron chi connectivity index (χ2n) is 1.62. The largest absolute Gasteiger partial charge is 0.772 e. The zero-order valence-electron chi connectivity index (χ0n) is 6.27. The van der Waals surface area contributed by atoms with Crippen LogP contribution in [0.15, 0.2) is 30.6 Å². The van der Waals surface area contributed by atoms with Gasteiger partial charge in [-0.3, -0.25) is 9.19 Å². The molecule has 0 saturated carbocycles. The summed E-state index contributed by atoms with van der Waals surface area (Å²) in [5, 5.41) is 0. The van der Waals surface area contributed by atoms with Gasteiger partial charge >= 0.3 is 0 Å². The quantitative estimate of drug-likeness (QED) is 0.659. The maximum absolute atomic E-state index is 9.37. The predicted octanol–water partition coefficient (Wildman–Crippen LogP) is 2.24. The number of aromatic nitrogens is 1. The summed E-state index contributed by atoms with van der Waals surface area (Å²) in [6, 6.07) is 5.72. The van der Waals surface area contributed by atoms with Crippen LogP contribution in [0.25, 0.3) is 0 Å². The van der Waals surface area contributed by atoms with E-state index in [2.05, 4.69) is 4.98 Å². The van der Waals surface area contributed by atoms with Crippen LogP contribution in [0.5, 0.6) is 0 Å². The SMILES string of the molecule is C.C.CCS(=O)[O-].c1ccncc1. The molecule has 1 aromatic rings. The first-order chi connectivity index (χ1) is 5.27. The van der Waals surface area contributed by atoms with Gasteiger partial charge in [-0.05, 0) is 12.1 Å². The Morgan fingerprint density at radius 1 is 1.23 bits per heavy atom. The molecule has 1 rings (SSSR count). The first kappa shape index (κ1) is 18.1. The summed E-state index contributed by atoms with van der Waals surface area (Å²) in [5.74, 6) is 0.222. The average Bonchev–Trinajstić information content (AvgIpc) is 2.09. The van der Waals surface area contributed by atoms with E-state index >= 15 is 0 Å². The van der Waals surface area contributed by atoms with E-state index in [1.807, 2.05) is 18.2 Å². The summed E-state index contributed by atoms with van der Waals surface area (Å²) >= 11 is -1.82. The van der Waals surface area contributed by atoms with Gasteiger partial charge in [0.15, 0.2) is 0 Å². The fourth-order valence-electron chi connectivity index (χ4n) is 0.313. The van der Waals surface area contributed by atoms with E-state index in [1.54, 1.807) is 19.3 Å². The lowest BCUT2D eigenvalue weighted by molar-refractivity contribution is 0.538. The Hall–Kier alpha value is -0.740. The highest BCUT2D eigenvalue weighted by molar-refractivity contribution is 7.79. The normalized spacial score (nSPS) is 9.38. The van der Waals surface area contributed by atoms with Gasteiger partial charge in [0.2, 0.25) is 0 Å². The Morgan fingerprint density at radius 2 is 1.62 bits per heavy atom. The van der Waals surface area contributed by atoms with E-state index < -0.39 is 11.1 Å². The van der Waals surface area contributed by atoms with Gasteiger partial charge in [-0.2, -0.15) is 0 Å². The van der Waals surface area contributed by atoms with Crippen molar-refractivity contribution in [1.82, 2.24) is 4.98 Å². The van der Waals surface area contributed by atoms with Crippen LogP contribution in [0, 0.1) is 0 Å².